The number of sulfone groups is 1. The number of aryl methyl sites for hydroxylation is 2. The number of likely N-dealkylation sites (tertiary alicyclic amines) is 1. The Kier molecular flexibility index (Phi) is 11.8. The molecule has 2 N–H and O–H groups in total. The number of hydrogen-bond acceptors (Lipinski definition) is 11. The summed E-state index contributed by atoms with van der Waals surface area (Å²) >= 11 is 6.30. The van der Waals surface area contributed by atoms with Crippen LogP contribution in [0.25, 0.3) is 22.1 Å². The van der Waals surface area contributed by atoms with Gasteiger partial charge in [-0.2, -0.15) is 4.98 Å². The SMILES string of the molecule is Cc1cc(S(=O)(=O)C2CC3(CCN(C(C(F)F)C4CCN(c5ccc6c(c5F)n(C)c(=O)n6C5CCC(=O)NC5=O)CC4)CC3)C2)ccc1Nc1ncc2cc(Cl)c(=O)n(C3CCCC3)c2n1. The summed E-state index contributed by atoms with van der Waals surface area (Å²) in [5.41, 5.74) is 1.23. The van der Waals surface area contributed by atoms with E-state index in [1.165, 1.54) is 11.6 Å². The number of amides is 2. The summed E-state index contributed by atoms with van der Waals surface area (Å²) in [5, 5.41) is 5.66. The van der Waals surface area contributed by atoms with E-state index in [0.29, 0.717) is 87.0 Å². The molecule has 15 nitrogen and oxygen atoms in total. The van der Waals surface area contributed by atoms with Crippen molar-refractivity contribution in [2.75, 3.05) is 36.4 Å². The van der Waals surface area contributed by atoms with Crippen molar-refractivity contribution >= 4 is 72.6 Å². The second-order valence-electron chi connectivity index (χ2n) is 19.4. The van der Waals surface area contributed by atoms with Crippen LogP contribution in [0.1, 0.15) is 94.7 Å². The predicted octanol–water partition coefficient (Wildman–Crippen LogP) is 6.95. The van der Waals surface area contributed by atoms with E-state index in [2.05, 4.69) is 15.6 Å². The molecule has 2 aliphatic carbocycles. The number of halogens is 4. The van der Waals surface area contributed by atoms with Crippen LogP contribution < -0.4 is 26.8 Å². The molecule has 2 amide bonds. The molecule has 3 saturated heterocycles. The zero-order valence-electron chi connectivity index (χ0n) is 37.3. The highest BCUT2D eigenvalue weighted by atomic mass is 35.5. The fourth-order valence-electron chi connectivity index (χ4n) is 11.8. The summed E-state index contributed by atoms with van der Waals surface area (Å²) in [7, 11) is -2.25. The van der Waals surface area contributed by atoms with Gasteiger partial charge >= 0.3 is 5.69 Å². The van der Waals surface area contributed by atoms with E-state index < -0.39 is 56.9 Å². The number of nitrogens with one attached hydrogen (secondary N) is 2. The molecule has 2 saturated carbocycles. The largest absolute Gasteiger partial charge is 0.369 e. The number of rotatable bonds is 10. The van der Waals surface area contributed by atoms with Crippen LogP contribution in [0, 0.1) is 24.1 Å². The smallest absolute Gasteiger partial charge is 0.329 e. The van der Waals surface area contributed by atoms with Gasteiger partial charge in [0.15, 0.2) is 15.7 Å². The second kappa shape index (κ2) is 17.4. The zero-order chi connectivity index (χ0) is 47.1. The predicted molar refractivity (Wildman–Crippen MR) is 248 cm³/mol. The molecular formula is C47H53ClF3N9O6S. The summed E-state index contributed by atoms with van der Waals surface area (Å²) in [4.78, 5) is 63.8. The maximum atomic E-state index is 16.3. The maximum absolute atomic E-state index is 16.3. The lowest BCUT2D eigenvalue weighted by molar-refractivity contribution is -0.135. The van der Waals surface area contributed by atoms with Crippen LogP contribution in [-0.2, 0) is 26.5 Å². The normalized spacial score (nSPS) is 21.7. The first kappa shape index (κ1) is 45.5. The van der Waals surface area contributed by atoms with Crippen molar-refractivity contribution in [3.63, 3.8) is 0 Å². The van der Waals surface area contributed by atoms with Crippen molar-refractivity contribution in [3.8, 4) is 0 Å². The van der Waals surface area contributed by atoms with Crippen molar-refractivity contribution in [1.82, 2.24) is 33.9 Å². The van der Waals surface area contributed by atoms with Crippen molar-refractivity contribution in [3.05, 3.63) is 79.8 Å². The molecule has 5 aromatic rings. The molecule has 356 valence electrons. The molecule has 5 fully saturated rings. The Labute approximate surface area is 389 Å². The third-order valence-electron chi connectivity index (χ3n) is 15.5. The molecule has 3 aromatic heterocycles. The summed E-state index contributed by atoms with van der Waals surface area (Å²) < 4.78 is 78.2. The van der Waals surface area contributed by atoms with E-state index in [4.69, 9.17) is 16.6 Å². The van der Waals surface area contributed by atoms with Crippen molar-refractivity contribution in [1.29, 1.82) is 0 Å². The molecule has 67 heavy (non-hydrogen) atoms. The fraction of sp³-hybridized carbons (Fsp3) is 0.532. The third-order valence-corrected chi connectivity index (χ3v) is 17.9. The first-order valence-electron chi connectivity index (χ1n) is 23.2. The van der Waals surface area contributed by atoms with Gasteiger partial charge in [0.1, 0.15) is 22.2 Å². The van der Waals surface area contributed by atoms with Crippen LogP contribution in [0.2, 0.25) is 5.02 Å². The summed E-state index contributed by atoms with van der Waals surface area (Å²) in [6.07, 6.45) is 5.98. The van der Waals surface area contributed by atoms with E-state index in [0.717, 1.165) is 30.3 Å². The number of aromatic nitrogens is 5. The van der Waals surface area contributed by atoms with Crippen molar-refractivity contribution in [2.45, 2.75) is 119 Å². The van der Waals surface area contributed by atoms with Crippen LogP contribution in [-0.4, -0.2) is 92.7 Å². The van der Waals surface area contributed by atoms with Gasteiger partial charge in [-0.25, -0.2) is 31.4 Å². The average molecular weight is 965 g/mol. The van der Waals surface area contributed by atoms with Gasteiger partial charge in [-0.1, -0.05) is 24.4 Å². The number of carbonyl (C=O) groups excluding carboxylic acids is 2. The van der Waals surface area contributed by atoms with Gasteiger partial charge < -0.3 is 10.2 Å². The molecule has 6 heterocycles. The number of nitrogens with zero attached hydrogens (tertiary/aromatic N) is 7. The first-order chi connectivity index (χ1) is 32.0. The monoisotopic (exact) mass is 963 g/mol. The number of benzene rings is 2. The maximum Gasteiger partial charge on any atom is 0.329 e. The van der Waals surface area contributed by atoms with E-state index >= 15 is 4.39 Å². The number of imidazole rings is 1. The van der Waals surface area contributed by atoms with Gasteiger partial charge in [-0.15, -0.1) is 0 Å². The molecule has 0 bridgehead atoms. The lowest BCUT2D eigenvalue weighted by Gasteiger charge is -2.53. The minimum Gasteiger partial charge on any atom is -0.369 e. The van der Waals surface area contributed by atoms with Gasteiger partial charge in [0.25, 0.3) is 12.0 Å². The average Bonchev–Trinajstić information content (AvgIpc) is 3.91. The highest BCUT2D eigenvalue weighted by Gasteiger charge is 2.52. The Morgan fingerprint density at radius 2 is 1.64 bits per heavy atom. The highest BCUT2D eigenvalue weighted by Crippen LogP contribution is 2.53. The van der Waals surface area contributed by atoms with E-state index in [-0.39, 0.29) is 68.4 Å². The molecule has 5 aliphatic rings. The standard InChI is InChI=1S/C47H53ClF3N9O6S/c1-26-21-30(7-8-33(26)53-45-52-25-28-22-32(48)44(63)59(42(28)55-45)29-5-3-4-6-29)67(65,66)31-23-47(24-31)15-19-58(20-16-47)39(41(50)51)27-13-17-57(18-14-27)34-9-10-35-40(38(34)49)56(2)46(64)60(35)36-11-12-37(61)54-43(36)62/h7-10,21-22,25,27,29,31,36,39,41H,3-6,11-20,23-24H2,1-2H3,(H,52,53,55)(H,54,61,62). The van der Waals surface area contributed by atoms with Crippen LogP contribution in [0.4, 0.5) is 30.5 Å². The minimum absolute atomic E-state index is 0.00721. The summed E-state index contributed by atoms with van der Waals surface area (Å²) in [6, 6.07) is 7.74. The summed E-state index contributed by atoms with van der Waals surface area (Å²) in [6.45, 7) is 3.35. The number of carbonyl (C=O) groups is 2. The van der Waals surface area contributed by atoms with E-state index in [1.54, 1.807) is 47.2 Å². The highest BCUT2D eigenvalue weighted by molar-refractivity contribution is 7.92. The lowest BCUT2D eigenvalue weighted by atomic mass is 9.62. The number of anilines is 3. The van der Waals surface area contributed by atoms with E-state index in [9.17, 15) is 36.4 Å². The molecule has 3 aliphatic heterocycles. The van der Waals surface area contributed by atoms with Gasteiger partial charge in [0.05, 0.1) is 27.4 Å². The zero-order valence-corrected chi connectivity index (χ0v) is 38.9. The topological polar surface area (TPSA) is 174 Å². The Morgan fingerprint density at radius 1 is 0.925 bits per heavy atom. The van der Waals surface area contributed by atoms with Crippen molar-refractivity contribution < 1.29 is 31.2 Å². The molecule has 0 radical (unpaired) electrons. The van der Waals surface area contributed by atoms with Gasteiger partial charge in [-0.05, 0) is 131 Å². The number of hydrogen-bond donors (Lipinski definition) is 2. The van der Waals surface area contributed by atoms with Crippen LogP contribution >= 0.6 is 11.6 Å². The minimum atomic E-state index is -3.68. The number of pyridine rings is 1. The fourth-order valence-corrected chi connectivity index (χ4v) is 14.1. The van der Waals surface area contributed by atoms with E-state index in [1.807, 2.05) is 16.7 Å². The molecule has 2 aromatic carbocycles. The quantitative estimate of drug-likeness (QED) is 0.139. The summed E-state index contributed by atoms with van der Waals surface area (Å²) in [5.74, 6) is -1.74. The van der Waals surface area contributed by atoms with Crippen LogP contribution in [0.15, 0.2) is 57.1 Å². The molecule has 10 rings (SSSR count). The van der Waals surface area contributed by atoms with Crippen molar-refractivity contribution in [2.24, 2.45) is 18.4 Å². The van der Waals surface area contributed by atoms with Gasteiger partial charge in [0.2, 0.25) is 17.8 Å². The Bertz CT molecular complexity index is 3040. The number of alkyl halides is 2. The van der Waals surface area contributed by atoms with Gasteiger partial charge in [-0.3, -0.25) is 38.3 Å². The van der Waals surface area contributed by atoms with Gasteiger partial charge in [0, 0.05) is 49.9 Å². The first-order valence-corrected chi connectivity index (χ1v) is 25.2. The molecule has 1 spiro atoms. The lowest BCUT2D eigenvalue weighted by Crippen LogP contribution is -2.56. The number of fused-ring (bicyclic) bond motifs is 2. The second-order valence-corrected chi connectivity index (χ2v) is 22.0. The number of piperidine rings is 3. The molecule has 20 heteroatoms. The Morgan fingerprint density at radius 3 is 2.31 bits per heavy atom. The molecule has 2 atom stereocenters. The Hall–Kier alpha value is -5.27. The number of imide groups is 1. The van der Waals surface area contributed by atoms with Crippen LogP contribution in [0.3, 0.4) is 0 Å². The molecule has 2 unspecified atom stereocenters. The third kappa shape index (κ3) is 8.01. The van der Waals surface area contributed by atoms with Crippen LogP contribution in [0.5, 0.6) is 0 Å². The Balaban J connectivity index is 0.758. The molecular weight excluding hydrogens is 911 g/mol.